The maximum atomic E-state index is 13.4. The molecule has 1 aromatic carbocycles. The summed E-state index contributed by atoms with van der Waals surface area (Å²) >= 11 is 1.64. The first kappa shape index (κ1) is 20.5. The summed E-state index contributed by atoms with van der Waals surface area (Å²) in [6, 6.07) is 9.30. The third kappa shape index (κ3) is 4.24. The van der Waals surface area contributed by atoms with Crippen LogP contribution in [0.25, 0.3) is 0 Å². The van der Waals surface area contributed by atoms with E-state index in [1.54, 1.807) is 37.2 Å². The zero-order valence-corrected chi connectivity index (χ0v) is 17.7. The monoisotopic (exact) mass is 402 g/mol. The van der Waals surface area contributed by atoms with Crippen molar-refractivity contribution in [1.82, 2.24) is 9.88 Å². The molecule has 0 atom stereocenters. The van der Waals surface area contributed by atoms with Crippen molar-refractivity contribution in [2.75, 3.05) is 37.9 Å². The van der Waals surface area contributed by atoms with E-state index in [1.165, 1.54) is 5.69 Å². The quantitative estimate of drug-likeness (QED) is 0.564. The molecule has 7 heteroatoms. The molecule has 1 saturated heterocycles. The van der Waals surface area contributed by atoms with Gasteiger partial charge in [0, 0.05) is 31.4 Å². The van der Waals surface area contributed by atoms with Crippen molar-refractivity contribution in [3.8, 4) is 5.88 Å². The summed E-state index contributed by atoms with van der Waals surface area (Å²) in [6.07, 6.45) is 4.68. The van der Waals surface area contributed by atoms with E-state index in [2.05, 4.69) is 14.8 Å². The number of aromatic nitrogens is 1. The summed E-state index contributed by atoms with van der Waals surface area (Å²) in [4.78, 5) is 13.6. The van der Waals surface area contributed by atoms with Crippen LogP contribution in [0.15, 0.2) is 41.5 Å². The molecule has 0 amide bonds. The highest BCUT2D eigenvalue weighted by atomic mass is 32.2. The van der Waals surface area contributed by atoms with E-state index in [0.717, 1.165) is 42.5 Å². The number of pyridine rings is 1. The fourth-order valence-electron chi connectivity index (χ4n) is 3.50. The maximum Gasteiger partial charge on any atom is 0.213 e. The number of hydrogen-bond donors (Lipinski definition) is 0. The van der Waals surface area contributed by atoms with Gasteiger partial charge in [0.1, 0.15) is 5.82 Å². The number of benzene rings is 1. The van der Waals surface area contributed by atoms with Gasteiger partial charge in [-0.1, -0.05) is 25.6 Å². The number of hydrogen-bond acceptors (Lipinski definition) is 5. The van der Waals surface area contributed by atoms with E-state index in [1.807, 2.05) is 38.3 Å². The molecule has 0 aliphatic carbocycles. The summed E-state index contributed by atoms with van der Waals surface area (Å²) in [5.41, 5.74) is 3.12. The second kappa shape index (κ2) is 9.28. The minimum absolute atomic E-state index is 0.147. The summed E-state index contributed by atoms with van der Waals surface area (Å²) < 4.78 is 18.5. The average molecular weight is 403 g/mol. The van der Waals surface area contributed by atoms with Crippen LogP contribution in [-0.2, 0) is 6.42 Å². The van der Waals surface area contributed by atoms with Crippen LogP contribution in [0.5, 0.6) is 5.88 Å². The number of aliphatic imine (C=N–C) groups is 1. The third-order valence-corrected chi connectivity index (χ3v) is 5.60. The number of methoxy groups -OCH3 is 1. The second-order valence-corrected chi connectivity index (χ2v) is 7.21. The standard InChI is InChI=1S/C19H21FN4OS.C2H6/c1-25-18-6-4-15(10-21-18)22-19(26-2)23-11-16(12-23)24-8-7-13-9-14(20)3-5-17(13)24;1-2/h3-6,9-10,16H,7-8,11-12H2,1-2H3;1-2H3. The number of thioether (sulfide) groups is 1. The van der Waals surface area contributed by atoms with Gasteiger partial charge in [-0.15, -0.1) is 0 Å². The Bertz CT molecular complexity index is 822. The summed E-state index contributed by atoms with van der Waals surface area (Å²) in [5.74, 6) is 0.438. The Hall–Kier alpha value is -2.28. The molecule has 28 heavy (non-hydrogen) atoms. The summed E-state index contributed by atoms with van der Waals surface area (Å²) in [5, 5.41) is 0.992. The Balaban J connectivity index is 0.00000109. The Morgan fingerprint density at radius 3 is 2.68 bits per heavy atom. The van der Waals surface area contributed by atoms with Gasteiger partial charge in [-0.05, 0) is 42.5 Å². The molecule has 2 aromatic rings. The predicted octanol–water partition coefficient (Wildman–Crippen LogP) is 4.35. The molecule has 1 aromatic heterocycles. The van der Waals surface area contributed by atoms with Crippen molar-refractivity contribution < 1.29 is 9.13 Å². The molecule has 3 heterocycles. The molecular formula is C21H27FN4OS. The number of rotatable bonds is 3. The van der Waals surface area contributed by atoms with Gasteiger partial charge in [-0.2, -0.15) is 0 Å². The van der Waals surface area contributed by atoms with Gasteiger partial charge in [0.2, 0.25) is 5.88 Å². The van der Waals surface area contributed by atoms with Crippen LogP contribution in [0.4, 0.5) is 15.8 Å². The number of halogens is 1. The normalized spacial score (nSPS) is 16.2. The fourth-order valence-corrected chi connectivity index (χ4v) is 4.10. The molecule has 5 nitrogen and oxygen atoms in total. The van der Waals surface area contributed by atoms with Crippen LogP contribution in [-0.4, -0.2) is 54.1 Å². The molecule has 4 rings (SSSR count). The van der Waals surface area contributed by atoms with Gasteiger partial charge in [-0.25, -0.2) is 14.4 Å². The maximum absolute atomic E-state index is 13.4. The highest BCUT2D eigenvalue weighted by Crippen LogP contribution is 2.33. The average Bonchev–Trinajstić information content (AvgIpc) is 3.10. The lowest BCUT2D eigenvalue weighted by Crippen LogP contribution is -2.60. The second-order valence-electron chi connectivity index (χ2n) is 6.43. The topological polar surface area (TPSA) is 41.0 Å². The molecule has 0 bridgehead atoms. The minimum Gasteiger partial charge on any atom is -0.481 e. The van der Waals surface area contributed by atoms with Gasteiger partial charge in [0.05, 0.1) is 25.0 Å². The van der Waals surface area contributed by atoms with Crippen LogP contribution in [0, 0.1) is 5.82 Å². The largest absolute Gasteiger partial charge is 0.481 e. The van der Waals surface area contributed by atoms with Crippen LogP contribution in [0.1, 0.15) is 19.4 Å². The zero-order valence-electron chi connectivity index (χ0n) is 16.9. The van der Waals surface area contributed by atoms with E-state index in [0.29, 0.717) is 11.9 Å². The smallest absolute Gasteiger partial charge is 0.213 e. The SMILES string of the molecule is CC.COc1ccc(N=C(SC)N2CC(N3CCc4cc(F)ccc43)C2)cn1. The van der Waals surface area contributed by atoms with E-state index < -0.39 is 0 Å². The Kier molecular flexibility index (Phi) is 6.78. The van der Waals surface area contributed by atoms with Crippen molar-refractivity contribution in [3.05, 3.63) is 47.9 Å². The molecule has 2 aliphatic rings. The van der Waals surface area contributed by atoms with Crippen molar-refractivity contribution in [3.63, 3.8) is 0 Å². The van der Waals surface area contributed by atoms with Gasteiger partial charge < -0.3 is 14.5 Å². The molecule has 1 fully saturated rings. The van der Waals surface area contributed by atoms with Gasteiger partial charge in [0.15, 0.2) is 5.17 Å². The molecule has 2 aliphatic heterocycles. The lowest BCUT2D eigenvalue weighted by molar-refractivity contribution is 0.249. The highest BCUT2D eigenvalue weighted by molar-refractivity contribution is 8.13. The molecule has 0 spiro atoms. The minimum atomic E-state index is -0.147. The van der Waals surface area contributed by atoms with E-state index in [-0.39, 0.29) is 5.82 Å². The lowest BCUT2D eigenvalue weighted by Gasteiger charge is -2.46. The number of fused-ring (bicyclic) bond motifs is 1. The van der Waals surface area contributed by atoms with Crippen molar-refractivity contribution in [2.24, 2.45) is 4.99 Å². The van der Waals surface area contributed by atoms with Gasteiger partial charge >= 0.3 is 0 Å². The number of likely N-dealkylation sites (tertiary alicyclic amines) is 1. The fraction of sp³-hybridized carbons (Fsp3) is 0.429. The summed E-state index contributed by atoms with van der Waals surface area (Å²) in [7, 11) is 1.60. The number of amidine groups is 1. The number of nitrogens with zero attached hydrogens (tertiary/aromatic N) is 4. The van der Waals surface area contributed by atoms with E-state index >= 15 is 0 Å². The van der Waals surface area contributed by atoms with Gasteiger partial charge in [0.25, 0.3) is 0 Å². The van der Waals surface area contributed by atoms with E-state index in [9.17, 15) is 4.39 Å². The van der Waals surface area contributed by atoms with Crippen LogP contribution in [0.2, 0.25) is 0 Å². The molecule has 0 N–H and O–H groups in total. The number of ether oxygens (including phenoxy) is 1. The first-order valence-electron chi connectivity index (χ1n) is 9.60. The van der Waals surface area contributed by atoms with Crippen LogP contribution >= 0.6 is 11.8 Å². The van der Waals surface area contributed by atoms with Crippen molar-refractivity contribution >= 4 is 28.3 Å². The molecule has 0 saturated carbocycles. The first-order valence-corrected chi connectivity index (χ1v) is 10.8. The first-order chi connectivity index (χ1) is 13.7. The van der Waals surface area contributed by atoms with Gasteiger partial charge in [-0.3, -0.25) is 0 Å². The highest BCUT2D eigenvalue weighted by Gasteiger charge is 2.36. The van der Waals surface area contributed by atoms with Crippen LogP contribution in [0.3, 0.4) is 0 Å². The molecule has 150 valence electrons. The molecular weight excluding hydrogens is 375 g/mol. The molecule has 0 unspecified atom stereocenters. The van der Waals surface area contributed by atoms with Crippen molar-refractivity contribution in [1.29, 1.82) is 0 Å². The lowest BCUT2D eigenvalue weighted by atomic mass is 10.1. The Morgan fingerprint density at radius 1 is 1.25 bits per heavy atom. The predicted molar refractivity (Wildman–Crippen MR) is 116 cm³/mol. The third-order valence-electron chi connectivity index (χ3n) is 4.88. The number of anilines is 1. The van der Waals surface area contributed by atoms with E-state index in [4.69, 9.17) is 9.73 Å². The zero-order chi connectivity index (χ0) is 20.1. The Morgan fingerprint density at radius 2 is 2.04 bits per heavy atom. The molecule has 0 radical (unpaired) electrons. The van der Waals surface area contributed by atoms with Crippen LogP contribution < -0.4 is 9.64 Å². The summed E-state index contributed by atoms with van der Waals surface area (Å²) in [6.45, 7) is 6.82. The Labute approximate surface area is 170 Å². The van der Waals surface area contributed by atoms with Crippen molar-refractivity contribution in [2.45, 2.75) is 26.3 Å².